The van der Waals surface area contributed by atoms with Crippen molar-refractivity contribution >= 4 is 10.9 Å². The molecule has 14 heavy (non-hydrogen) atoms. The van der Waals surface area contributed by atoms with E-state index in [-0.39, 0.29) is 0 Å². The van der Waals surface area contributed by atoms with Crippen LogP contribution in [0.25, 0.3) is 10.9 Å². The van der Waals surface area contributed by atoms with E-state index in [1.807, 2.05) is 36.0 Å². The third-order valence-electron chi connectivity index (χ3n) is 2.43. The minimum absolute atomic E-state index is 0.468. The minimum Gasteiger partial charge on any atom is -0.350 e. The zero-order valence-electron chi connectivity index (χ0n) is 7.99. The molecule has 1 heterocycles. The van der Waals surface area contributed by atoms with Gasteiger partial charge in [0.25, 0.3) is 0 Å². The van der Waals surface area contributed by atoms with Crippen LogP contribution in [0.2, 0.25) is 0 Å². The van der Waals surface area contributed by atoms with E-state index < -0.39 is 0 Å². The summed E-state index contributed by atoms with van der Waals surface area (Å²) in [6.45, 7) is 0.468. The first-order valence-electron chi connectivity index (χ1n) is 4.45. The zero-order chi connectivity index (χ0) is 10.1. The monoisotopic (exact) mass is 185 g/mol. The Labute approximate surface area is 82.4 Å². The van der Waals surface area contributed by atoms with Crippen LogP contribution >= 0.6 is 0 Å². The summed E-state index contributed by atoms with van der Waals surface area (Å²) >= 11 is 0. The van der Waals surface area contributed by atoms with E-state index in [0.717, 1.165) is 16.5 Å². The first-order valence-corrected chi connectivity index (χ1v) is 4.45. The molecule has 0 aliphatic carbocycles. The standard InChI is InChI=1S/C11H11N3/c1-14-7-9(6-13)11-8(5-12)3-2-4-10(11)14/h2-4,7H,6,13H2,1H3. The van der Waals surface area contributed by atoms with Gasteiger partial charge in [0.2, 0.25) is 0 Å². The second kappa shape index (κ2) is 3.17. The van der Waals surface area contributed by atoms with Crippen LogP contribution in [0.3, 0.4) is 0 Å². The van der Waals surface area contributed by atoms with Gasteiger partial charge in [-0.3, -0.25) is 0 Å². The lowest BCUT2D eigenvalue weighted by molar-refractivity contribution is 0.949. The molecule has 0 saturated heterocycles. The van der Waals surface area contributed by atoms with Crippen molar-refractivity contribution in [2.45, 2.75) is 6.54 Å². The zero-order valence-corrected chi connectivity index (χ0v) is 7.99. The molecule has 1 aromatic heterocycles. The van der Waals surface area contributed by atoms with Gasteiger partial charge in [-0.05, 0) is 17.7 Å². The molecule has 2 rings (SSSR count). The molecule has 3 nitrogen and oxygen atoms in total. The summed E-state index contributed by atoms with van der Waals surface area (Å²) in [6.07, 6.45) is 1.98. The fourth-order valence-electron chi connectivity index (χ4n) is 1.79. The highest BCUT2D eigenvalue weighted by Crippen LogP contribution is 2.23. The smallest absolute Gasteiger partial charge is 0.0998 e. The van der Waals surface area contributed by atoms with Crippen LogP contribution in [0.4, 0.5) is 0 Å². The van der Waals surface area contributed by atoms with Crippen LogP contribution in [-0.2, 0) is 13.6 Å². The molecule has 3 heteroatoms. The van der Waals surface area contributed by atoms with Gasteiger partial charge >= 0.3 is 0 Å². The van der Waals surface area contributed by atoms with Crippen molar-refractivity contribution in [3.63, 3.8) is 0 Å². The summed E-state index contributed by atoms with van der Waals surface area (Å²) in [6, 6.07) is 7.90. The summed E-state index contributed by atoms with van der Waals surface area (Å²) in [5.41, 5.74) is 8.41. The molecule has 0 unspecified atom stereocenters. The van der Waals surface area contributed by atoms with Crippen LogP contribution < -0.4 is 5.73 Å². The van der Waals surface area contributed by atoms with Gasteiger partial charge in [-0.15, -0.1) is 0 Å². The van der Waals surface area contributed by atoms with Crippen LogP contribution in [0.5, 0.6) is 0 Å². The Morgan fingerprint density at radius 3 is 2.93 bits per heavy atom. The van der Waals surface area contributed by atoms with Gasteiger partial charge in [-0.1, -0.05) is 6.07 Å². The van der Waals surface area contributed by atoms with E-state index in [0.29, 0.717) is 12.1 Å². The Bertz CT molecular complexity index is 517. The number of fused-ring (bicyclic) bond motifs is 1. The summed E-state index contributed by atoms with van der Waals surface area (Å²) in [4.78, 5) is 0. The highest BCUT2D eigenvalue weighted by molar-refractivity contribution is 5.89. The third-order valence-corrected chi connectivity index (χ3v) is 2.43. The van der Waals surface area contributed by atoms with Crippen LogP contribution in [0.1, 0.15) is 11.1 Å². The molecule has 2 aromatic rings. The SMILES string of the molecule is Cn1cc(CN)c2c(C#N)cccc21. The molecule has 0 spiro atoms. The maximum absolute atomic E-state index is 8.96. The first kappa shape index (κ1) is 8.79. The van der Waals surface area contributed by atoms with Gasteiger partial charge in [0.15, 0.2) is 0 Å². The number of benzene rings is 1. The van der Waals surface area contributed by atoms with Crippen LogP contribution in [0.15, 0.2) is 24.4 Å². The predicted molar refractivity (Wildman–Crippen MR) is 55.5 cm³/mol. The normalized spacial score (nSPS) is 10.4. The lowest BCUT2D eigenvalue weighted by Crippen LogP contribution is -1.95. The number of nitriles is 1. The fourth-order valence-corrected chi connectivity index (χ4v) is 1.79. The van der Waals surface area contributed by atoms with Crippen LogP contribution in [-0.4, -0.2) is 4.57 Å². The molecular formula is C11H11N3. The van der Waals surface area contributed by atoms with Crippen molar-refractivity contribution in [2.24, 2.45) is 12.8 Å². The second-order valence-electron chi connectivity index (χ2n) is 3.28. The molecule has 70 valence electrons. The van der Waals surface area contributed by atoms with Gasteiger partial charge < -0.3 is 10.3 Å². The molecule has 2 N–H and O–H groups in total. The topological polar surface area (TPSA) is 54.7 Å². The molecule has 0 aliphatic rings. The average Bonchev–Trinajstić information content (AvgIpc) is 2.56. The van der Waals surface area contributed by atoms with Crippen molar-refractivity contribution in [1.82, 2.24) is 4.57 Å². The van der Waals surface area contributed by atoms with E-state index in [9.17, 15) is 0 Å². The van der Waals surface area contributed by atoms with E-state index in [2.05, 4.69) is 6.07 Å². The summed E-state index contributed by atoms with van der Waals surface area (Å²) in [5, 5.41) is 9.95. The number of nitrogens with zero attached hydrogens (tertiary/aromatic N) is 2. The first-order chi connectivity index (χ1) is 6.77. The third kappa shape index (κ3) is 1.09. The Kier molecular flexibility index (Phi) is 1.99. The molecule has 0 saturated carbocycles. The average molecular weight is 185 g/mol. The molecule has 0 aliphatic heterocycles. The molecule has 0 atom stereocenters. The highest BCUT2D eigenvalue weighted by Gasteiger charge is 2.08. The van der Waals surface area contributed by atoms with Gasteiger partial charge in [-0.2, -0.15) is 5.26 Å². The number of hydrogen-bond donors (Lipinski definition) is 1. The van der Waals surface area contributed by atoms with Crippen molar-refractivity contribution in [1.29, 1.82) is 5.26 Å². The van der Waals surface area contributed by atoms with Crippen molar-refractivity contribution in [3.05, 3.63) is 35.5 Å². The largest absolute Gasteiger partial charge is 0.350 e. The summed E-state index contributed by atoms with van der Waals surface area (Å²) < 4.78 is 2.00. The number of aryl methyl sites for hydroxylation is 1. The van der Waals surface area contributed by atoms with Gasteiger partial charge in [0.1, 0.15) is 0 Å². The lowest BCUT2D eigenvalue weighted by Gasteiger charge is -1.97. The number of aromatic nitrogens is 1. The Balaban J connectivity index is 2.91. The number of rotatable bonds is 1. The molecule has 0 amide bonds. The maximum atomic E-state index is 8.96. The van der Waals surface area contributed by atoms with E-state index in [4.69, 9.17) is 11.0 Å². The quantitative estimate of drug-likeness (QED) is 0.732. The van der Waals surface area contributed by atoms with Crippen molar-refractivity contribution in [2.75, 3.05) is 0 Å². The second-order valence-corrected chi connectivity index (χ2v) is 3.28. The maximum Gasteiger partial charge on any atom is 0.0998 e. The van der Waals surface area contributed by atoms with Crippen molar-refractivity contribution < 1.29 is 0 Å². The van der Waals surface area contributed by atoms with Gasteiger partial charge in [0, 0.05) is 30.7 Å². The highest BCUT2D eigenvalue weighted by atomic mass is 14.9. The van der Waals surface area contributed by atoms with E-state index >= 15 is 0 Å². The Morgan fingerprint density at radius 2 is 2.29 bits per heavy atom. The van der Waals surface area contributed by atoms with Crippen molar-refractivity contribution in [3.8, 4) is 6.07 Å². The van der Waals surface area contributed by atoms with Crippen LogP contribution in [0, 0.1) is 11.3 Å². The Hall–Kier alpha value is -1.79. The fraction of sp³-hybridized carbons (Fsp3) is 0.182. The molecule has 0 fully saturated rings. The van der Waals surface area contributed by atoms with Gasteiger partial charge in [0.05, 0.1) is 11.6 Å². The lowest BCUT2D eigenvalue weighted by atomic mass is 10.1. The predicted octanol–water partition coefficient (Wildman–Crippen LogP) is 1.51. The molecule has 1 aromatic carbocycles. The molecule has 0 radical (unpaired) electrons. The Morgan fingerprint density at radius 1 is 1.50 bits per heavy atom. The summed E-state index contributed by atoms with van der Waals surface area (Å²) in [5.74, 6) is 0. The minimum atomic E-state index is 0.468. The number of nitrogens with two attached hydrogens (primary N) is 1. The number of hydrogen-bond acceptors (Lipinski definition) is 2. The summed E-state index contributed by atoms with van der Waals surface area (Å²) in [7, 11) is 1.96. The van der Waals surface area contributed by atoms with E-state index in [1.165, 1.54) is 0 Å². The molecular weight excluding hydrogens is 174 g/mol. The molecule has 0 bridgehead atoms. The van der Waals surface area contributed by atoms with E-state index in [1.54, 1.807) is 0 Å². The van der Waals surface area contributed by atoms with Gasteiger partial charge in [-0.25, -0.2) is 0 Å².